The largest absolute Gasteiger partial charge is 0.484 e. The van der Waals surface area contributed by atoms with E-state index in [1.54, 1.807) is 25.2 Å². The number of benzene rings is 2. The Morgan fingerprint density at radius 2 is 1.71 bits per heavy atom. The van der Waals surface area contributed by atoms with Gasteiger partial charge in [0.2, 0.25) is 0 Å². The third-order valence-electron chi connectivity index (χ3n) is 3.70. The Morgan fingerprint density at radius 1 is 1.07 bits per heavy atom. The van der Waals surface area contributed by atoms with Crippen LogP contribution in [0.4, 0.5) is 13.2 Å². The highest BCUT2D eigenvalue weighted by Gasteiger charge is 2.29. The Balaban J connectivity index is 1.86. The molecule has 2 aromatic carbocycles. The van der Waals surface area contributed by atoms with Crippen LogP contribution < -0.4 is 21.1 Å². The minimum absolute atomic E-state index is 0.201. The fourth-order valence-corrected chi connectivity index (χ4v) is 2.30. The molecule has 0 aromatic heterocycles. The summed E-state index contributed by atoms with van der Waals surface area (Å²) in [7, 11) is 1.59. The van der Waals surface area contributed by atoms with Crippen LogP contribution >= 0.6 is 0 Å². The maximum absolute atomic E-state index is 12.6. The zero-order chi connectivity index (χ0) is 20.6. The van der Waals surface area contributed by atoms with E-state index in [2.05, 4.69) is 15.6 Å². The van der Waals surface area contributed by atoms with Gasteiger partial charge in [0.15, 0.2) is 12.6 Å². The third-order valence-corrected chi connectivity index (χ3v) is 3.70. The van der Waals surface area contributed by atoms with Gasteiger partial charge in [0, 0.05) is 20.1 Å². The first-order chi connectivity index (χ1) is 13.3. The van der Waals surface area contributed by atoms with Crippen LogP contribution in [0.5, 0.6) is 5.75 Å². The minimum atomic E-state index is -4.35. The number of ether oxygens (including phenoxy) is 1. The van der Waals surface area contributed by atoms with Gasteiger partial charge in [-0.25, -0.2) is 0 Å². The smallest absolute Gasteiger partial charge is 0.416 e. The molecule has 0 fully saturated rings. The van der Waals surface area contributed by atoms with Crippen molar-refractivity contribution in [3.05, 3.63) is 65.2 Å². The topological polar surface area (TPSA) is 88.7 Å². The number of carbonyl (C=O) groups excluding carboxylic acids is 1. The second-order valence-corrected chi connectivity index (χ2v) is 5.88. The summed E-state index contributed by atoms with van der Waals surface area (Å²) in [6.45, 7) is 0.549. The van der Waals surface area contributed by atoms with Crippen molar-refractivity contribution in [3.8, 4) is 5.75 Å². The predicted molar refractivity (Wildman–Crippen MR) is 99.6 cm³/mol. The van der Waals surface area contributed by atoms with Crippen molar-refractivity contribution in [2.24, 2.45) is 10.7 Å². The number of amides is 1. The molecule has 0 spiro atoms. The van der Waals surface area contributed by atoms with Crippen LogP contribution in [0, 0.1) is 0 Å². The Morgan fingerprint density at radius 3 is 2.29 bits per heavy atom. The van der Waals surface area contributed by atoms with Crippen molar-refractivity contribution in [3.63, 3.8) is 0 Å². The Labute approximate surface area is 160 Å². The summed E-state index contributed by atoms with van der Waals surface area (Å²) in [5.41, 5.74) is 5.95. The maximum atomic E-state index is 12.6. The van der Waals surface area contributed by atoms with Gasteiger partial charge < -0.3 is 21.1 Å². The molecule has 1 amide bonds. The summed E-state index contributed by atoms with van der Waals surface area (Å²) >= 11 is 0. The molecule has 150 valence electrons. The molecule has 0 bridgehead atoms. The van der Waals surface area contributed by atoms with Crippen LogP contribution in [0.25, 0.3) is 0 Å². The van der Waals surface area contributed by atoms with E-state index in [9.17, 15) is 18.0 Å². The molecule has 0 radical (unpaired) electrons. The number of nitrogens with two attached hydrogens (primary N) is 1. The molecule has 6 nitrogen and oxygen atoms in total. The number of hydrogen-bond donors (Lipinski definition) is 3. The molecule has 0 aliphatic carbocycles. The fraction of sp³-hybridized carbons (Fsp3) is 0.263. The number of hydrogen-bond acceptors (Lipinski definition) is 3. The van der Waals surface area contributed by atoms with Gasteiger partial charge in [0.1, 0.15) is 5.75 Å². The van der Waals surface area contributed by atoms with Gasteiger partial charge in [-0.15, -0.1) is 0 Å². The molecule has 0 unspecified atom stereocenters. The molecule has 0 atom stereocenters. The Kier molecular flexibility index (Phi) is 7.25. The number of primary amides is 1. The van der Waals surface area contributed by atoms with E-state index in [-0.39, 0.29) is 6.61 Å². The first-order valence-electron chi connectivity index (χ1n) is 8.38. The summed E-state index contributed by atoms with van der Waals surface area (Å²) in [5, 5.41) is 6.13. The summed E-state index contributed by atoms with van der Waals surface area (Å²) in [4.78, 5) is 14.9. The third kappa shape index (κ3) is 6.82. The number of nitrogens with one attached hydrogen (secondary N) is 2. The predicted octanol–water partition coefficient (Wildman–Crippen LogP) is 2.43. The van der Waals surface area contributed by atoms with Gasteiger partial charge in [-0.05, 0) is 35.4 Å². The zero-order valence-corrected chi connectivity index (χ0v) is 15.2. The van der Waals surface area contributed by atoms with Crippen molar-refractivity contribution < 1.29 is 22.7 Å². The van der Waals surface area contributed by atoms with E-state index in [1.807, 2.05) is 6.07 Å². The second-order valence-electron chi connectivity index (χ2n) is 5.88. The first-order valence-corrected chi connectivity index (χ1v) is 8.38. The number of carbonyl (C=O) groups is 1. The van der Waals surface area contributed by atoms with Crippen molar-refractivity contribution >= 4 is 11.9 Å². The lowest BCUT2D eigenvalue weighted by Crippen LogP contribution is -2.36. The molecule has 9 heteroatoms. The number of nitrogens with zero attached hydrogens (tertiary/aromatic N) is 1. The molecule has 0 aliphatic heterocycles. The average Bonchev–Trinajstić information content (AvgIpc) is 2.66. The normalized spacial score (nSPS) is 11.8. The van der Waals surface area contributed by atoms with Crippen LogP contribution in [0.3, 0.4) is 0 Å². The number of rotatable bonds is 7. The van der Waals surface area contributed by atoms with Crippen LogP contribution in [0.1, 0.15) is 16.7 Å². The zero-order valence-electron chi connectivity index (χ0n) is 15.2. The standard InChI is InChI=1S/C19H21F3N4O2/c1-24-18(25-10-13-5-7-15(8-6-13)19(20,21)22)26-11-14-3-2-4-16(9-14)28-12-17(23)27/h2-9H,10-12H2,1H3,(H2,23,27)(H2,24,25,26). The van der Waals surface area contributed by atoms with E-state index in [4.69, 9.17) is 10.5 Å². The molecule has 0 saturated carbocycles. The van der Waals surface area contributed by atoms with Crippen LogP contribution in [0.2, 0.25) is 0 Å². The molecule has 2 rings (SSSR count). The summed E-state index contributed by atoms with van der Waals surface area (Å²) in [6.07, 6.45) is -4.35. The molecule has 0 heterocycles. The lowest BCUT2D eigenvalue weighted by molar-refractivity contribution is -0.137. The van der Waals surface area contributed by atoms with E-state index < -0.39 is 17.6 Å². The van der Waals surface area contributed by atoms with Crippen molar-refractivity contribution in [2.45, 2.75) is 19.3 Å². The molecular formula is C19H21F3N4O2. The van der Waals surface area contributed by atoms with Gasteiger partial charge in [-0.2, -0.15) is 13.2 Å². The lowest BCUT2D eigenvalue weighted by Gasteiger charge is -2.13. The summed E-state index contributed by atoms with van der Waals surface area (Å²) in [5.74, 6) is 0.450. The molecule has 0 aliphatic rings. The second kappa shape index (κ2) is 9.63. The van der Waals surface area contributed by atoms with Gasteiger partial charge in [0.25, 0.3) is 5.91 Å². The van der Waals surface area contributed by atoms with Gasteiger partial charge in [0.05, 0.1) is 5.56 Å². The van der Waals surface area contributed by atoms with Crippen LogP contribution in [-0.2, 0) is 24.1 Å². The van der Waals surface area contributed by atoms with Gasteiger partial charge in [-0.3, -0.25) is 9.79 Å². The highest BCUT2D eigenvalue weighted by atomic mass is 19.4. The van der Waals surface area contributed by atoms with E-state index >= 15 is 0 Å². The lowest BCUT2D eigenvalue weighted by atomic mass is 10.1. The number of halogens is 3. The van der Waals surface area contributed by atoms with Gasteiger partial charge >= 0.3 is 6.18 Å². The molecule has 0 saturated heterocycles. The minimum Gasteiger partial charge on any atom is -0.484 e. The van der Waals surface area contributed by atoms with E-state index in [0.29, 0.717) is 30.4 Å². The molecule has 28 heavy (non-hydrogen) atoms. The fourth-order valence-electron chi connectivity index (χ4n) is 2.30. The van der Waals surface area contributed by atoms with Crippen molar-refractivity contribution in [2.75, 3.05) is 13.7 Å². The van der Waals surface area contributed by atoms with Crippen LogP contribution in [0.15, 0.2) is 53.5 Å². The summed E-state index contributed by atoms with van der Waals surface area (Å²) < 4.78 is 43.0. The summed E-state index contributed by atoms with van der Waals surface area (Å²) in [6, 6.07) is 12.1. The molecular weight excluding hydrogens is 373 g/mol. The molecule has 4 N–H and O–H groups in total. The van der Waals surface area contributed by atoms with E-state index in [0.717, 1.165) is 17.7 Å². The number of alkyl halides is 3. The first kappa shape index (κ1) is 21.1. The average molecular weight is 394 g/mol. The van der Waals surface area contributed by atoms with Gasteiger partial charge in [-0.1, -0.05) is 24.3 Å². The number of guanidine groups is 1. The maximum Gasteiger partial charge on any atom is 0.416 e. The number of aliphatic imine (C=N–C) groups is 1. The highest BCUT2D eigenvalue weighted by molar-refractivity contribution is 5.79. The highest BCUT2D eigenvalue weighted by Crippen LogP contribution is 2.29. The van der Waals surface area contributed by atoms with Crippen LogP contribution in [-0.4, -0.2) is 25.5 Å². The molecule has 2 aromatic rings. The Bertz CT molecular complexity index is 821. The van der Waals surface area contributed by atoms with E-state index in [1.165, 1.54) is 12.1 Å². The van der Waals surface area contributed by atoms with Crippen molar-refractivity contribution in [1.29, 1.82) is 0 Å². The SMILES string of the molecule is CN=C(NCc1ccc(C(F)(F)F)cc1)NCc1cccc(OCC(N)=O)c1. The Hall–Kier alpha value is -3.23. The van der Waals surface area contributed by atoms with Crippen molar-refractivity contribution in [1.82, 2.24) is 10.6 Å². The monoisotopic (exact) mass is 394 g/mol. The quantitative estimate of drug-likeness (QED) is 0.497.